The van der Waals surface area contributed by atoms with Gasteiger partial charge < -0.3 is 9.80 Å². The summed E-state index contributed by atoms with van der Waals surface area (Å²) in [7, 11) is -1.51. The normalized spacial score (nSPS) is 19.9. The van der Waals surface area contributed by atoms with Gasteiger partial charge in [0.1, 0.15) is 5.82 Å². The van der Waals surface area contributed by atoms with Gasteiger partial charge in [-0.2, -0.15) is 17.0 Å². The highest BCUT2D eigenvalue weighted by atomic mass is 32.2. The van der Waals surface area contributed by atoms with Gasteiger partial charge in [-0.05, 0) is 25.2 Å². The lowest BCUT2D eigenvalue weighted by Gasteiger charge is -2.39. The molecule has 30 heavy (non-hydrogen) atoms. The van der Waals surface area contributed by atoms with Gasteiger partial charge in [-0.15, -0.1) is 11.3 Å². The molecule has 2 saturated heterocycles. The van der Waals surface area contributed by atoms with Gasteiger partial charge in [0.2, 0.25) is 0 Å². The van der Waals surface area contributed by atoms with Crippen LogP contribution in [0.15, 0.2) is 36.4 Å². The van der Waals surface area contributed by atoms with E-state index in [2.05, 4.69) is 4.90 Å². The average Bonchev–Trinajstić information content (AvgIpc) is 3.24. The smallest absolute Gasteiger partial charge is 0.282 e. The van der Waals surface area contributed by atoms with E-state index in [1.807, 2.05) is 7.05 Å². The summed E-state index contributed by atoms with van der Waals surface area (Å²) in [5.74, 6) is -0.458. The van der Waals surface area contributed by atoms with Crippen LogP contribution in [0, 0.1) is 5.82 Å². The molecule has 1 aromatic carbocycles. The maximum atomic E-state index is 14.0. The van der Waals surface area contributed by atoms with Crippen molar-refractivity contribution < 1.29 is 17.6 Å². The molecule has 2 aliphatic rings. The first-order valence-corrected chi connectivity index (χ1v) is 12.2. The third-order valence-electron chi connectivity index (χ3n) is 5.60. The van der Waals surface area contributed by atoms with E-state index in [9.17, 15) is 17.6 Å². The summed E-state index contributed by atoms with van der Waals surface area (Å²) in [5.41, 5.74) is 0.477. The zero-order valence-electron chi connectivity index (χ0n) is 16.8. The van der Waals surface area contributed by atoms with Crippen LogP contribution in [0.2, 0.25) is 0 Å². The van der Waals surface area contributed by atoms with Gasteiger partial charge in [-0.25, -0.2) is 4.39 Å². The molecule has 0 unspecified atom stereocenters. The molecular weight excluding hydrogens is 427 g/mol. The fraction of sp³-hybridized carbons (Fsp3) is 0.450. The number of thiophene rings is 1. The predicted molar refractivity (Wildman–Crippen MR) is 115 cm³/mol. The molecule has 10 heteroatoms. The lowest BCUT2D eigenvalue weighted by Crippen LogP contribution is -2.57. The summed E-state index contributed by atoms with van der Waals surface area (Å²) in [6.07, 6.45) is 0. The number of benzene rings is 1. The second-order valence-electron chi connectivity index (χ2n) is 7.55. The van der Waals surface area contributed by atoms with E-state index in [1.165, 1.54) is 26.0 Å². The van der Waals surface area contributed by atoms with Gasteiger partial charge in [-0.3, -0.25) is 4.79 Å². The Morgan fingerprint density at radius 1 is 0.900 bits per heavy atom. The second kappa shape index (κ2) is 8.72. The molecule has 0 aliphatic carbocycles. The van der Waals surface area contributed by atoms with Crippen LogP contribution < -0.4 is 0 Å². The molecule has 0 atom stereocenters. The molecule has 4 rings (SSSR count). The van der Waals surface area contributed by atoms with Crippen molar-refractivity contribution in [3.8, 4) is 10.4 Å². The third kappa shape index (κ3) is 4.28. The Morgan fingerprint density at radius 3 is 2.13 bits per heavy atom. The maximum Gasteiger partial charge on any atom is 0.282 e. The molecule has 2 fully saturated rings. The standard InChI is InChI=1S/C20H25FN4O3S2/c1-22-8-12-24(13-9-22)30(27,28)25-14-10-23(11-15-25)20(26)19-7-6-18(29-19)16-4-2-3-5-17(16)21/h2-7H,8-15H2,1H3. The minimum atomic E-state index is -3.50. The topological polar surface area (TPSA) is 64.2 Å². The Balaban J connectivity index is 1.39. The highest BCUT2D eigenvalue weighted by Crippen LogP contribution is 2.31. The van der Waals surface area contributed by atoms with Crippen LogP contribution in [0.3, 0.4) is 0 Å². The number of hydrogen-bond acceptors (Lipinski definition) is 5. The Kier molecular flexibility index (Phi) is 6.21. The summed E-state index contributed by atoms with van der Waals surface area (Å²) < 4.78 is 42.8. The zero-order chi connectivity index (χ0) is 21.3. The van der Waals surface area contributed by atoms with Crippen LogP contribution in [0.4, 0.5) is 4.39 Å². The van der Waals surface area contributed by atoms with E-state index >= 15 is 0 Å². The number of nitrogens with zero attached hydrogens (tertiary/aromatic N) is 4. The highest BCUT2D eigenvalue weighted by Gasteiger charge is 2.35. The fourth-order valence-corrected chi connectivity index (χ4v) is 6.30. The van der Waals surface area contributed by atoms with Crippen LogP contribution in [0.25, 0.3) is 10.4 Å². The van der Waals surface area contributed by atoms with Crippen molar-refractivity contribution in [2.45, 2.75) is 0 Å². The summed E-state index contributed by atoms with van der Waals surface area (Å²) in [6.45, 7) is 3.69. The quantitative estimate of drug-likeness (QED) is 0.710. The van der Waals surface area contributed by atoms with Gasteiger partial charge in [0.15, 0.2) is 0 Å². The summed E-state index contributed by atoms with van der Waals surface area (Å²) in [5, 5.41) is 0. The van der Waals surface area contributed by atoms with Crippen molar-refractivity contribution in [2.24, 2.45) is 0 Å². The van der Waals surface area contributed by atoms with Crippen LogP contribution in [0.5, 0.6) is 0 Å². The number of likely N-dealkylation sites (N-methyl/N-ethyl adjacent to an activating group) is 1. The van der Waals surface area contributed by atoms with Crippen molar-refractivity contribution in [1.82, 2.24) is 18.4 Å². The maximum absolute atomic E-state index is 14.0. The first-order valence-electron chi connectivity index (χ1n) is 9.94. The molecule has 0 radical (unpaired) electrons. The van der Waals surface area contributed by atoms with Crippen molar-refractivity contribution in [1.29, 1.82) is 0 Å². The van der Waals surface area contributed by atoms with E-state index in [1.54, 1.807) is 35.2 Å². The second-order valence-corrected chi connectivity index (χ2v) is 10.6. The Hall–Kier alpha value is -1.85. The first kappa shape index (κ1) is 21.4. The van der Waals surface area contributed by atoms with Crippen LogP contribution in [-0.4, -0.2) is 92.1 Å². The number of halogens is 1. The molecule has 2 aliphatic heterocycles. The predicted octanol–water partition coefficient (Wildman–Crippen LogP) is 1.80. The van der Waals surface area contributed by atoms with Crippen molar-refractivity contribution in [3.63, 3.8) is 0 Å². The molecule has 2 aromatic rings. The Bertz CT molecular complexity index is 1010. The number of hydrogen-bond donors (Lipinski definition) is 0. The van der Waals surface area contributed by atoms with Crippen LogP contribution in [0.1, 0.15) is 9.67 Å². The first-order chi connectivity index (χ1) is 14.4. The van der Waals surface area contributed by atoms with E-state index in [4.69, 9.17) is 0 Å². The fourth-order valence-electron chi connectivity index (χ4n) is 3.72. The minimum absolute atomic E-state index is 0.140. The summed E-state index contributed by atoms with van der Waals surface area (Å²) in [4.78, 5) is 17.9. The summed E-state index contributed by atoms with van der Waals surface area (Å²) in [6, 6.07) is 9.95. The number of carbonyl (C=O) groups is 1. The van der Waals surface area contributed by atoms with E-state index in [-0.39, 0.29) is 24.8 Å². The van der Waals surface area contributed by atoms with E-state index < -0.39 is 10.2 Å². The van der Waals surface area contributed by atoms with Crippen LogP contribution in [-0.2, 0) is 10.2 Å². The molecule has 0 bridgehead atoms. The van der Waals surface area contributed by atoms with Gasteiger partial charge in [0.25, 0.3) is 16.1 Å². The summed E-state index contributed by atoms with van der Waals surface area (Å²) >= 11 is 1.26. The lowest BCUT2D eigenvalue weighted by molar-refractivity contribution is 0.0697. The van der Waals surface area contributed by atoms with Crippen molar-refractivity contribution in [2.75, 3.05) is 59.4 Å². The molecule has 7 nitrogen and oxygen atoms in total. The Morgan fingerprint density at radius 2 is 1.50 bits per heavy atom. The number of rotatable bonds is 4. The van der Waals surface area contributed by atoms with Crippen molar-refractivity contribution >= 4 is 27.5 Å². The van der Waals surface area contributed by atoms with Crippen molar-refractivity contribution in [3.05, 3.63) is 47.1 Å². The monoisotopic (exact) mass is 452 g/mol. The number of carbonyl (C=O) groups excluding carboxylic acids is 1. The molecule has 0 N–H and O–H groups in total. The molecule has 0 saturated carbocycles. The molecular formula is C20H25FN4O3S2. The number of amides is 1. The van der Waals surface area contributed by atoms with Gasteiger partial charge in [0.05, 0.1) is 4.88 Å². The van der Waals surface area contributed by atoms with Gasteiger partial charge >= 0.3 is 0 Å². The molecule has 1 amide bonds. The third-order valence-corrected chi connectivity index (χ3v) is 8.74. The molecule has 3 heterocycles. The largest absolute Gasteiger partial charge is 0.335 e. The van der Waals surface area contributed by atoms with Gasteiger partial charge in [-0.1, -0.05) is 18.2 Å². The van der Waals surface area contributed by atoms with E-state index in [0.717, 1.165) is 13.1 Å². The molecule has 0 spiro atoms. The van der Waals surface area contributed by atoms with E-state index in [0.29, 0.717) is 41.5 Å². The van der Waals surface area contributed by atoms with Crippen LogP contribution >= 0.6 is 11.3 Å². The minimum Gasteiger partial charge on any atom is -0.335 e. The van der Waals surface area contributed by atoms with Gasteiger partial charge in [0, 0.05) is 62.8 Å². The average molecular weight is 453 g/mol. The SMILES string of the molecule is CN1CCN(S(=O)(=O)N2CCN(C(=O)c3ccc(-c4ccccc4F)s3)CC2)CC1. The molecule has 162 valence electrons. The highest BCUT2D eigenvalue weighted by molar-refractivity contribution is 7.86. The number of piperazine rings is 2. The molecule has 1 aromatic heterocycles. The zero-order valence-corrected chi connectivity index (χ0v) is 18.5. The Labute approximate surface area is 180 Å². The lowest BCUT2D eigenvalue weighted by atomic mass is 10.2.